The molecule has 0 fully saturated rings. The molecule has 0 aliphatic heterocycles. The molecule has 0 amide bonds. The number of esters is 1. The third kappa shape index (κ3) is 2.97. The van der Waals surface area contributed by atoms with Crippen molar-refractivity contribution in [2.75, 3.05) is 18.1 Å². The Morgan fingerprint density at radius 2 is 2.25 bits per heavy atom. The average molecular weight is 296 g/mol. The van der Waals surface area contributed by atoms with Crippen LogP contribution in [0.25, 0.3) is 0 Å². The molecule has 1 atom stereocenters. The fourth-order valence-electron chi connectivity index (χ4n) is 2.72. The molecule has 0 N–H and O–H groups in total. The summed E-state index contributed by atoms with van der Waals surface area (Å²) in [7, 11) is 0. The highest BCUT2D eigenvalue weighted by Gasteiger charge is 2.32. The number of hydrogen-bond acceptors (Lipinski definition) is 5. The highest BCUT2D eigenvalue weighted by molar-refractivity contribution is 7.15. The molecule has 1 aromatic heterocycles. The molecule has 0 saturated carbocycles. The molecule has 0 radical (unpaired) electrons. The van der Waals surface area contributed by atoms with Gasteiger partial charge in [-0.3, -0.25) is 4.79 Å². The quantitative estimate of drug-likeness (QED) is 0.781. The van der Waals surface area contributed by atoms with Crippen molar-refractivity contribution in [3.63, 3.8) is 0 Å². The minimum absolute atomic E-state index is 0.113. The molecule has 1 aromatic rings. The number of carbonyl (C=O) groups is 1. The van der Waals surface area contributed by atoms with Gasteiger partial charge in [-0.25, -0.2) is 4.98 Å². The van der Waals surface area contributed by atoms with E-state index in [9.17, 15) is 4.79 Å². The van der Waals surface area contributed by atoms with Crippen molar-refractivity contribution in [3.05, 3.63) is 10.6 Å². The monoisotopic (exact) mass is 296 g/mol. The summed E-state index contributed by atoms with van der Waals surface area (Å²) in [4.78, 5) is 20.4. The van der Waals surface area contributed by atoms with Crippen molar-refractivity contribution in [1.82, 2.24) is 4.98 Å². The summed E-state index contributed by atoms with van der Waals surface area (Å²) in [6, 6.07) is 0.425. The van der Waals surface area contributed by atoms with Gasteiger partial charge in [-0.15, -0.1) is 11.3 Å². The average Bonchev–Trinajstić information content (AvgIpc) is 2.82. The lowest BCUT2D eigenvalue weighted by Crippen LogP contribution is -2.30. The fraction of sp³-hybridized carbons (Fsp3) is 0.733. The largest absolute Gasteiger partial charge is 0.465 e. The lowest BCUT2D eigenvalue weighted by Gasteiger charge is -2.24. The number of nitrogens with zero attached hydrogens (tertiary/aromatic N) is 2. The number of hydrogen-bond donors (Lipinski definition) is 0. The van der Waals surface area contributed by atoms with Crippen molar-refractivity contribution in [2.24, 2.45) is 0 Å². The van der Waals surface area contributed by atoms with E-state index >= 15 is 0 Å². The molecule has 4 nitrogen and oxygen atoms in total. The Morgan fingerprint density at radius 3 is 2.85 bits per heavy atom. The summed E-state index contributed by atoms with van der Waals surface area (Å²) in [5, 5.41) is 1.05. The minimum Gasteiger partial charge on any atom is -0.465 e. The molecule has 0 aromatic carbocycles. The second-order valence-electron chi connectivity index (χ2n) is 5.38. The SMILES string of the molecule is CCOC(=O)C1CCCc2sc(N(CC)C(C)C)nc21. The van der Waals surface area contributed by atoms with Crippen LogP contribution in [0.3, 0.4) is 0 Å². The van der Waals surface area contributed by atoms with Gasteiger partial charge in [-0.2, -0.15) is 0 Å². The number of thiazole rings is 1. The van der Waals surface area contributed by atoms with Gasteiger partial charge in [0.15, 0.2) is 5.13 Å². The zero-order valence-corrected chi connectivity index (χ0v) is 13.6. The van der Waals surface area contributed by atoms with Crippen molar-refractivity contribution < 1.29 is 9.53 Å². The molecule has 20 heavy (non-hydrogen) atoms. The van der Waals surface area contributed by atoms with E-state index in [1.54, 1.807) is 11.3 Å². The standard InChI is InChI=1S/C15H24N2O2S/c1-5-17(10(3)4)15-16-13-11(14(18)19-6-2)8-7-9-12(13)20-15/h10-11H,5-9H2,1-4H3. The second-order valence-corrected chi connectivity index (χ2v) is 6.44. The summed E-state index contributed by atoms with van der Waals surface area (Å²) in [6.45, 7) is 9.72. The lowest BCUT2D eigenvalue weighted by atomic mass is 9.91. The van der Waals surface area contributed by atoms with Crippen molar-refractivity contribution in [2.45, 2.75) is 58.9 Å². The van der Waals surface area contributed by atoms with Gasteiger partial charge in [0, 0.05) is 17.5 Å². The van der Waals surface area contributed by atoms with E-state index in [0.29, 0.717) is 12.6 Å². The molecule has 112 valence electrons. The van der Waals surface area contributed by atoms with Crippen LogP contribution < -0.4 is 4.90 Å². The van der Waals surface area contributed by atoms with Crippen LogP contribution in [-0.4, -0.2) is 30.1 Å². The van der Waals surface area contributed by atoms with Gasteiger partial charge < -0.3 is 9.64 Å². The van der Waals surface area contributed by atoms with Crippen molar-refractivity contribution in [1.29, 1.82) is 0 Å². The maximum absolute atomic E-state index is 12.1. The predicted molar refractivity (Wildman–Crippen MR) is 82.6 cm³/mol. The van der Waals surface area contributed by atoms with E-state index in [4.69, 9.17) is 9.72 Å². The van der Waals surface area contributed by atoms with E-state index in [1.807, 2.05) is 6.92 Å². The lowest BCUT2D eigenvalue weighted by molar-refractivity contribution is -0.145. The van der Waals surface area contributed by atoms with Crippen LogP contribution in [0.15, 0.2) is 0 Å². The zero-order valence-electron chi connectivity index (χ0n) is 12.8. The van der Waals surface area contributed by atoms with Crippen LogP contribution >= 0.6 is 11.3 Å². The molecule has 1 aliphatic rings. The Labute approximate surface area is 125 Å². The van der Waals surface area contributed by atoms with E-state index < -0.39 is 0 Å². The van der Waals surface area contributed by atoms with Crippen molar-refractivity contribution >= 4 is 22.4 Å². The Morgan fingerprint density at radius 1 is 1.50 bits per heavy atom. The first-order valence-electron chi connectivity index (χ1n) is 7.51. The first-order valence-corrected chi connectivity index (χ1v) is 8.32. The number of fused-ring (bicyclic) bond motifs is 1. The molecule has 1 heterocycles. The summed E-state index contributed by atoms with van der Waals surface area (Å²) >= 11 is 1.74. The number of carbonyl (C=O) groups excluding carboxylic acids is 1. The van der Waals surface area contributed by atoms with Crippen LogP contribution in [-0.2, 0) is 16.0 Å². The Bertz CT molecular complexity index is 470. The highest BCUT2D eigenvalue weighted by Crippen LogP contribution is 2.38. The zero-order chi connectivity index (χ0) is 14.7. The maximum Gasteiger partial charge on any atom is 0.315 e. The maximum atomic E-state index is 12.1. The number of anilines is 1. The first kappa shape index (κ1) is 15.3. The van der Waals surface area contributed by atoms with Crippen LogP contribution in [0.2, 0.25) is 0 Å². The smallest absolute Gasteiger partial charge is 0.315 e. The first-order chi connectivity index (χ1) is 9.58. The second kappa shape index (κ2) is 6.57. The summed E-state index contributed by atoms with van der Waals surface area (Å²) in [6.07, 6.45) is 2.95. The van der Waals surface area contributed by atoms with Crippen LogP contribution in [0.1, 0.15) is 57.0 Å². The predicted octanol–water partition coefficient (Wildman–Crippen LogP) is 3.36. The molecule has 0 spiro atoms. The highest BCUT2D eigenvalue weighted by atomic mass is 32.1. The third-order valence-electron chi connectivity index (χ3n) is 3.72. The van der Waals surface area contributed by atoms with Gasteiger partial charge >= 0.3 is 5.97 Å². The Hall–Kier alpha value is -1.10. The molecular weight excluding hydrogens is 272 g/mol. The molecular formula is C15H24N2O2S. The summed E-state index contributed by atoms with van der Waals surface area (Å²) in [5.41, 5.74) is 0.966. The molecule has 1 aliphatic carbocycles. The number of ether oxygens (including phenoxy) is 1. The molecule has 1 unspecified atom stereocenters. The minimum atomic E-state index is -0.158. The normalized spacial score (nSPS) is 17.9. The Balaban J connectivity index is 2.28. The van der Waals surface area contributed by atoms with E-state index in [2.05, 4.69) is 25.7 Å². The summed E-state index contributed by atoms with van der Waals surface area (Å²) < 4.78 is 5.19. The molecule has 2 rings (SSSR count). The van der Waals surface area contributed by atoms with Crippen LogP contribution in [0, 0.1) is 0 Å². The summed E-state index contributed by atoms with van der Waals surface area (Å²) in [5.74, 6) is -0.271. The Kier molecular flexibility index (Phi) is 5.02. The van der Waals surface area contributed by atoms with Gasteiger partial charge in [0.2, 0.25) is 0 Å². The van der Waals surface area contributed by atoms with Gasteiger partial charge in [0.25, 0.3) is 0 Å². The number of rotatable bonds is 5. The van der Waals surface area contributed by atoms with E-state index in [0.717, 1.165) is 36.6 Å². The topological polar surface area (TPSA) is 42.4 Å². The number of aromatic nitrogens is 1. The third-order valence-corrected chi connectivity index (χ3v) is 4.89. The van der Waals surface area contributed by atoms with Gasteiger partial charge in [0.1, 0.15) is 5.92 Å². The molecule has 0 bridgehead atoms. The van der Waals surface area contributed by atoms with E-state index in [1.165, 1.54) is 4.88 Å². The van der Waals surface area contributed by atoms with Gasteiger partial charge in [0.05, 0.1) is 12.3 Å². The van der Waals surface area contributed by atoms with Crippen LogP contribution in [0.5, 0.6) is 0 Å². The fourth-order valence-corrected chi connectivity index (χ4v) is 4.08. The van der Waals surface area contributed by atoms with E-state index in [-0.39, 0.29) is 11.9 Å². The van der Waals surface area contributed by atoms with Gasteiger partial charge in [-0.1, -0.05) is 0 Å². The number of aryl methyl sites for hydroxylation is 1. The van der Waals surface area contributed by atoms with Crippen LogP contribution in [0.4, 0.5) is 5.13 Å². The molecule has 5 heteroatoms. The molecule has 0 saturated heterocycles. The van der Waals surface area contributed by atoms with Crippen molar-refractivity contribution in [3.8, 4) is 0 Å². The van der Waals surface area contributed by atoms with Gasteiger partial charge in [-0.05, 0) is 47.0 Å².